The summed E-state index contributed by atoms with van der Waals surface area (Å²) in [5.74, 6) is -1.07. The van der Waals surface area contributed by atoms with Crippen molar-refractivity contribution < 1.29 is 22.5 Å². The summed E-state index contributed by atoms with van der Waals surface area (Å²) >= 11 is 0. The molecule has 0 heterocycles. The number of carbonyl (C=O) groups is 1. The Morgan fingerprint density at radius 3 is 2.25 bits per heavy atom. The second kappa shape index (κ2) is 3.24. The fourth-order valence-corrected chi connectivity index (χ4v) is 0.582. The van der Waals surface area contributed by atoms with Crippen LogP contribution < -0.4 is 0 Å². The summed E-state index contributed by atoms with van der Waals surface area (Å²) in [4.78, 5) is 10.9. The van der Waals surface area contributed by atoms with Crippen LogP contribution in [-0.4, -0.2) is 23.7 Å². The molecular formula is C6H10O5S. The molecule has 0 unspecified atom stereocenters. The minimum atomic E-state index is -4.45. The second-order valence-electron chi connectivity index (χ2n) is 2.56. The molecule has 0 aliphatic carbocycles. The van der Waals surface area contributed by atoms with E-state index in [2.05, 4.69) is 11.3 Å². The lowest BCUT2D eigenvalue weighted by Gasteiger charge is -2.16. The fraction of sp³-hybridized carbons (Fsp3) is 0.500. The first-order chi connectivity index (χ1) is 5.23. The number of carbonyl (C=O) groups excluding carboxylic acids is 1. The van der Waals surface area contributed by atoms with Crippen LogP contribution in [0.15, 0.2) is 12.8 Å². The van der Waals surface area contributed by atoms with Gasteiger partial charge in [-0.3, -0.25) is 4.55 Å². The van der Waals surface area contributed by atoms with Crippen LogP contribution in [0.1, 0.15) is 13.8 Å². The summed E-state index contributed by atoms with van der Waals surface area (Å²) in [7, 11) is -4.45. The van der Waals surface area contributed by atoms with Crippen LogP contribution in [-0.2, 0) is 19.6 Å². The molecular weight excluding hydrogens is 184 g/mol. The largest absolute Gasteiger partial charge is 0.434 e. The molecule has 0 fully saturated rings. The Hall–Kier alpha value is -0.880. The Labute approximate surface area is 70.8 Å². The quantitative estimate of drug-likeness (QED) is 0.398. The number of ether oxygens (including phenoxy) is 1. The van der Waals surface area contributed by atoms with E-state index < -0.39 is 20.8 Å². The molecule has 0 amide bonds. The highest BCUT2D eigenvalue weighted by atomic mass is 32.2. The molecule has 0 spiro atoms. The molecule has 0 aliphatic rings. The van der Waals surface area contributed by atoms with E-state index in [-0.39, 0.29) is 0 Å². The normalized spacial score (nSPS) is 12.2. The van der Waals surface area contributed by atoms with E-state index in [1.807, 2.05) is 0 Å². The van der Waals surface area contributed by atoms with Gasteiger partial charge in [-0.05, 0) is 13.8 Å². The van der Waals surface area contributed by atoms with Crippen LogP contribution in [0.4, 0.5) is 0 Å². The zero-order valence-corrected chi connectivity index (χ0v) is 7.59. The van der Waals surface area contributed by atoms with Gasteiger partial charge in [0.15, 0.2) is 4.75 Å². The molecule has 0 saturated carbocycles. The van der Waals surface area contributed by atoms with Crippen LogP contribution in [0.5, 0.6) is 0 Å². The van der Waals surface area contributed by atoms with Gasteiger partial charge in [-0.1, -0.05) is 6.58 Å². The third-order valence-electron chi connectivity index (χ3n) is 1.33. The lowest BCUT2D eigenvalue weighted by Crippen LogP contribution is -2.40. The number of hydrogen-bond donors (Lipinski definition) is 1. The first kappa shape index (κ1) is 11.1. The molecule has 0 radical (unpaired) electrons. The average molecular weight is 194 g/mol. The number of esters is 1. The van der Waals surface area contributed by atoms with Gasteiger partial charge in [0, 0.05) is 0 Å². The van der Waals surface area contributed by atoms with Gasteiger partial charge in [0.25, 0.3) is 10.1 Å². The maximum absolute atomic E-state index is 10.9. The van der Waals surface area contributed by atoms with E-state index in [1.54, 1.807) is 0 Å². The minimum Gasteiger partial charge on any atom is -0.434 e. The molecule has 0 bridgehead atoms. The molecule has 5 nitrogen and oxygen atoms in total. The first-order valence-electron chi connectivity index (χ1n) is 3.02. The second-order valence-corrected chi connectivity index (χ2v) is 4.53. The van der Waals surface area contributed by atoms with Crippen molar-refractivity contribution in [2.75, 3.05) is 0 Å². The van der Waals surface area contributed by atoms with Crippen molar-refractivity contribution in [1.29, 1.82) is 0 Å². The first-order valence-corrected chi connectivity index (χ1v) is 4.46. The van der Waals surface area contributed by atoms with Gasteiger partial charge in [0.05, 0.1) is 6.26 Å². The van der Waals surface area contributed by atoms with Crippen molar-refractivity contribution >= 4 is 16.1 Å². The molecule has 0 aliphatic heterocycles. The standard InChI is InChI=1S/C6H10O5S/c1-4-11-5(7)6(2,3)12(8,9)10/h4H,1H2,2-3H3,(H,8,9,10). The summed E-state index contributed by atoms with van der Waals surface area (Å²) in [5.41, 5.74) is 0. The molecule has 0 atom stereocenters. The smallest absolute Gasteiger partial charge is 0.334 e. The Morgan fingerprint density at radius 1 is 1.58 bits per heavy atom. The van der Waals surface area contributed by atoms with Gasteiger partial charge >= 0.3 is 5.97 Å². The van der Waals surface area contributed by atoms with Crippen LogP contribution in [0.2, 0.25) is 0 Å². The average Bonchev–Trinajstić information content (AvgIpc) is 1.85. The predicted molar refractivity (Wildman–Crippen MR) is 41.9 cm³/mol. The summed E-state index contributed by atoms with van der Waals surface area (Å²) < 4.78 is 32.0. The Bertz CT molecular complexity index is 287. The Balaban J connectivity index is 4.86. The van der Waals surface area contributed by atoms with Gasteiger partial charge in [0.1, 0.15) is 0 Å². The third kappa shape index (κ3) is 2.05. The van der Waals surface area contributed by atoms with Crippen molar-refractivity contribution in [3.63, 3.8) is 0 Å². The van der Waals surface area contributed by atoms with Gasteiger partial charge in [-0.15, -0.1) is 0 Å². The zero-order chi connectivity index (χ0) is 9.99. The maximum Gasteiger partial charge on any atom is 0.334 e. The maximum atomic E-state index is 10.9. The van der Waals surface area contributed by atoms with Crippen molar-refractivity contribution in [2.24, 2.45) is 0 Å². The van der Waals surface area contributed by atoms with Gasteiger partial charge < -0.3 is 4.74 Å². The van der Waals surface area contributed by atoms with Crippen LogP contribution in [0, 0.1) is 0 Å². The minimum absolute atomic E-state index is 0.801. The topological polar surface area (TPSA) is 80.7 Å². The fourth-order valence-electron chi connectivity index (χ4n) is 0.323. The monoisotopic (exact) mass is 194 g/mol. The van der Waals surface area contributed by atoms with Crippen molar-refractivity contribution in [3.8, 4) is 0 Å². The van der Waals surface area contributed by atoms with E-state index in [4.69, 9.17) is 4.55 Å². The SMILES string of the molecule is C=COC(=O)C(C)(C)S(=O)(=O)O. The molecule has 0 aromatic heterocycles. The summed E-state index contributed by atoms with van der Waals surface area (Å²) in [5, 5.41) is 0. The Morgan fingerprint density at radius 2 is 2.00 bits per heavy atom. The Kier molecular flexibility index (Phi) is 3.00. The van der Waals surface area contributed by atoms with Gasteiger partial charge in [-0.2, -0.15) is 8.42 Å². The van der Waals surface area contributed by atoms with Crippen LogP contribution >= 0.6 is 0 Å². The van der Waals surface area contributed by atoms with E-state index in [0.717, 1.165) is 20.1 Å². The van der Waals surface area contributed by atoms with E-state index in [1.165, 1.54) is 0 Å². The molecule has 1 N–H and O–H groups in total. The zero-order valence-electron chi connectivity index (χ0n) is 6.77. The molecule has 12 heavy (non-hydrogen) atoms. The molecule has 6 heteroatoms. The highest BCUT2D eigenvalue weighted by Crippen LogP contribution is 2.16. The van der Waals surface area contributed by atoms with Crippen molar-refractivity contribution in [1.82, 2.24) is 0 Å². The molecule has 0 rings (SSSR count). The summed E-state index contributed by atoms with van der Waals surface area (Å²) in [6, 6.07) is 0. The lowest BCUT2D eigenvalue weighted by atomic mass is 10.2. The lowest BCUT2D eigenvalue weighted by molar-refractivity contribution is -0.140. The summed E-state index contributed by atoms with van der Waals surface area (Å²) in [6.45, 7) is 5.15. The van der Waals surface area contributed by atoms with Gasteiger partial charge in [0.2, 0.25) is 0 Å². The van der Waals surface area contributed by atoms with E-state index in [0.29, 0.717) is 0 Å². The number of rotatable bonds is 3. The molecule has 0 aromatic carbocycles. The predicted octanol–water partition coefficient (Wildman–Crippen LogP) is 0.339. The van der Waals surface area contributed by atoms with E-state index in [9.17, 15) is 13.2 Å². The molecule has 70 valence electrons. The van der Waals surface area contributed by atoms with E-state index >= 15 is 0 Å². The highest BCUT2D eigenvalue weighted by Gasteiger charge is 2.42. The van der Waals surface area contributed by atoms with Crippen LogP contribution in [0.3, 0.4) is 0 Å². The van der Waals surface area contributed by atoms with Crippen LogP contribution in [0.25, 0.3) is 0 Å². The van der Waals surface area contributed by atoms with Crippen molar-refractivity contribution in [3.05, 3.63) is 12.8 Å². The molecule has 0 saturated heterocycles. The molecule has 0 aromatic rings. The summed E-state index contributed by atoms with van der Waals surface area (Å²) in [6.07, 6.45) is 0.801. The van der Waals surface area contributed by atoms with Gasteiger partial charge in [-0.25, -0.2) is 4.79 Å². The number of hydrogen-bond acceptors (Lipinski definition) is 4. The highest BCUT2D eigenvalue weighted by molar-refractivity contribution is 7.88. The van der Waals surface area contributed by atoms with Crippen molar-refractivity contribution in [2.45, 2.75) is 18.6 Å². The third-order valence-corrected chi connectivity index (χ3v) is 2.78.